The van der Waals surface area contributed by atoms with Crippen LogP contribution in [0, 0.1) is 0 Å². The number of carbonyl (C=O) groups is 2. The van der Waals surface area contributed by atoms with Crippen LogP contribution in [0.4, 0.5) is 5.69 Å². The molecule has 1 saturated carbocycles. The number of amides is 2. The molecule has 0 bridgehead atoms. The van der Waals surface area contributed by atoms with E-state index in [-0.39, 0.29) is 17.6 Å². The standard InChI is InChI=1S/C19H23N5O2S/c25-17(12-27-19-23-22-16-7-2-1-3-10-24(16)19)20-15-6-4-5-13(11-15)18(26)21-14-8-9-14/h4-6,11,14H,1-3,7-10,12H2,(H,20,25)(H,21,26). The maximum Gasteiger partial charge on any atom is 0.251 e. The number of anilines is 1. The molecule has 1 aromatic carbocycles. The van der Waals surface area contributed by atoms with Crippen LogP contribution in [0.2, 0.25) is 0 Å². The minimum absolute atomic E-state index is 0.0888. The van der Waals surface area contributed by atoms with E-state index in [4.69, 9.17) is 0 Å². The predicted molar refractivity (Wildman–Crippen MR) is 104 cm³/mol. The number of hydrogen-bond acceptors (Lipinski definition) is 5. The first-order chi connectivity index (χ1) is 13.2. The maximum atomic E-state index is 12.3. The molecule has 2 amide bonds. The van der Waals surface area contributed by atoms with Crippen molar-refractivity contribution < 1.29 is 9.59 Å². The third-order valence-electron chi connectivity index (χ3n) is 4.73. The smallest absolute Gasteiger partial charge is 0.251 e. The highest BCUT2D eigenvalue weighted by atomic mass is 32.2. The molecule has 7 nitrogen and oxygen atoms in total. The number of fused-ring (bicyclic) bond motifs is 1. The van der Waals surface area contributed by atoms with Gasteiger partial charge in [0, 0.05) is 30.3 Å². The molecular formula is C19H23N5O2S. The van der Waals surface area contributed by atoms with Gasteiger partial charge in [-0.3, -0.25) is 9.59 Å². The minimum atomic E-state index is -0.120. The summed E-state index contributed by atoms with van der Waals surface area (Å²) in [6, 6.07) is 7.35. The molecule has 2 heterocycles. The molecule has 0 unspecified atom stereocenters. The third-order valence-corrected chi connectivity index (χ3v) is 5.70. The molecule has 2 aromatic rings. The monoisotopic (exact) mass is 385 g/mol. The van der Waals surface area contributed by atoms with Gasteiger partial charge in [-0.05, 0) is 43.9 Å². The normalized spacial score (nSPS) is 16.3. The molecule has 0 saturated heterocycles. The largest absolute Gasteiger partial charge is 0.349 e. The van der Waals surface area contributed by atoms with Crippen LogP contribution < -0.4 is 10.6 Å². The van der Waals surface area contributed by atoms with E-state index in [2.05, 4.69) is 25.4 Å². The predicted octanol–water partition coefficient (Wildman–Crippen LogP) is 2.63. The average Bonchev–Trinajstić information content (AvgIpc) is 3.44. The van der Waals surface area contributed by atoms with Gasteiger partial charge >= 0.3 is 0 Å². The summed E-state index contributed by atoms with van der Waals surface area (Å²) in [5.41, 5.74) is 1.19. The number of thioether (sulfide) groups is 1. The Balaban J connectivity index is 1.33. The number of nitrogens with one attached hydrogen (secondary N) is 2. The molecule has 4 rings (SSSR count). The summed E-state index contributed by atoms with van der Waals surface area (Å²) in [5, 5.41) is 15.1. The molecule has 0 radical (unpaired) electrons. The summed E-state index contributed by atoms with van der Waals surface area (Å²) >= 11 is 1.40. The van der Waals surface area contributed by atoms with Gasteiger partial charge in [0.05, 0.1) is 5.75 Å². The van der Waals surface area contributed by atoms with Gasteiger partial charge in [0.2, 0.25) is 5.91 Å². The highest BCUT2D eigenvalue weighted by Crippen LogP contribution is 2.22. The number of nitrogens with zero attached hydrogens (tertiary/aromatic N) is 3. The van der Waals surface area contributed by atoms with Crippen LogP contribution in [0.1, 0.15) is 48.3 Å². The molecule has 0 atom stereocenters. The summed E-state index contributed by atoms with van der Waals surface area (Å²) in [6.45, 7) is 0.921. The Kier molecular flexibility index (Phi) is 5.42. The fourth-order valence-corrected chi connectivity index (χ4v) is 3.91. The van der Waals surface area contributed by atoms with Crippen LogP contribution in [0.25, 0.3) is 0 Å². The van der Waals surface area contributed by atoms with Crippen molar-refractivity contribution in [3.8, 4) is 0 Å². The maximum absolute atomic E-state index is 12.3. The number of carbonyl (C=O) groups excluding carboxylic acids is 2. The Hall–Kier alpha value is -2.35. The lowest BCUT2D eigenvalue weighted by molar-refractivity contribution is -0.113. The van der Waals surface area contributed by atoms with Crippen LogP contribution in [-0.2, 0) is 17.8 Å². The minimum Gasteiger partial charge on any atom is -0.349 e. The van der Waals surface area contributed by atoms with Crippen LogP contribution in [0.15, 0.2) is 29.4 Å². The Morgan fingerprint density at radius 1 is 1.19 bits per heavy atom. The van der Waals surface area contributed by atoms with Gasteiger partial charge in [-0.1, -0.05) is 24.2 Å². The van der Waals surface area contributed by atoms with Gasteiger partial charge in [-0.2, -0.15) is 0 Å². The van der Waals surface area contributed by atoms with E-state index < -0.39 is 0 Å². The van der Waals surface area contributed by atoms with Crippen molar-refractivity contribution in [2.75, 3.05) is 11.1 Å². The summed E-state index contributed by atoms with van der Waals surface area (Å²) in [5.74, 6) is 1.07. The van der Waals surface area contributed by atoms with E-state index in [9.17, 15) is 9.59 Å². The van der Waals surface area contributed by atoms with Gasteiger partial charge in [0.15, 0.2) is 5.16 Å². The number of hydrogen-bond donors (Lipinski definition) is 2. The molecule has 1 fully saturated rings. The molecule has 8 heteroatoms. The van der Waals surface area contributed by atoms with Crippen LogP contribution in [-0.4, -0.2) is 38.4 Å². The summed E-state index contributed by atoms with van der Waals surface area (Å²) in [6.07, 6.45) is 6.53. The lowest BCUT2D eigenvalue weighted by atomic mass is 10.2. The van der Waals surface area contributed by atoms with Gasteiger partial charge in [-0.25, -0.2) is 0 Å². The summed E-state index contributed by atoms with van der Waals surface area (Å²) < 4.78 is 2.13. The molecule has 1 aliphatic carbocycles. The zero-order chi connectivity index (χ0) is 18.6. The second kappa shape index (κ2) is 8.12. The number of aromatic nitrogens is 3. The van der Waals surface area contributed by atoms with E-state index in [1.54, 1.807) is 24.3 Å². The van der Waals surface area contributed by atoms with Crippen LogP contribution in [0.3, 0.4) is 0 Å². The lowest BCUT2D eigenvalue weighted by Crippen LogP contribution is -2.25. The molecular weight excluding hydrogens is 362 g/mol. The van der Waals surface area contributed by atoms with E-state index in [0.717, 1.165) is 49.6 Å². The van der Waals surface area contributed by atoms with Gasteiger partial charge in [0.25, 0.3) is 5.91 Å². The SMILES string of the molecule is O=C(CSc1nnc2n1CCCCC2)Nc1cccc(C(=O)NC2CC2)c1. The molecule has 1 aliphatic heterocycles. The summed E-state index contributed by atoms with van der Waals surface area (Å²) in [7, 11) is 0. The first-order valence-corrected chi connectivity index (χ1v) is 10.4. The molecule has 0 spiro atoms. The molecule has 27 heavy (non-hydrogen) atoms. The first-order valence-electron chi connectivity index (χ1n) is 9.45. The first kappa shape index (κ1) is 18.0. The zero-order valence-corrected chi connectivity index (χ0v) is 15.9. The lowest BCUT2D eigenvalue weighted by Gasteiger charge is -2.09. The van der Waals surface area contributed by atoms with Crippen molar-refractivity contribution in [3.63, 3.8) is 0 Å². The molecule has 142 valence electrons. The molecule has 1 aromatic heterocycles. The Morgan fingerprint density at radius 2 is 2.07 bits per heavy atom. The van der Waals surface area contributed by atoms with Gasteiger partial charge < -0.3 is 15.2 Å². The molecule has 2 N–H and O–H groups in total. The molecule has 2 aliphatic rings. The topological polar surface area (TPSA) is 88.9 Å². The van der Waals surface area contributed by atoms with Crippen molar-refractivity contribution in [1.29, 1.82) is 0 Å². The van der Waals surface area contributed by atoms with E-state index in [1.807, 2.05) is 0 Å². The highest BCUT2D eigenvalue weighted by molar-refractivity contribution is 7.99. The number of rotatable bonds is 6. The Morgan fingerprint density at radius 3 is 2.93 bits per heavy atom. The van der Waals surface area contributed by atoms with Gasteiger partial charge in [-0.15, -0.1) is 10.2 Å². The van der Waals surface area contributed by atoms with Crippen molar-refractivity contribution in [2.45, 2.75) is 56.3 Å². The van der Waals surface area contributed by atoms with Crippen LogP contribution >= 0.6 is 11.8 Å². The van der Waals surface area contributed by atoms with E-state index in [0.29, 0.717) is 17.3 Å². The van der Waals surface area contributed by atoms with Gasteiger partial charge in [0.1, 0.15) is 5.82 Å². The van der Waals surface area contributed by atoms with Crippen LogP contribution in [0.5, 0.6) is 0 Å². The second-order valence-corrected chi connectivity index (χ2v) is 7.97. The summed E-state index contributed by atoms with van der Waals surface area (Å²) in [4.78, 5) is 24.5. The Bertz CT molecular complexity index is 846. The fraction of sp³-hybridized carbons (Fsp3) is 0.474. The zero-order valence-electron chi connectivity index (χ0n) is 15.1. The van der Waals surface area contributed by atoms with E-state index in [1.165, 1.54) is 18.2 Å². The highest BCUT2D eigenvalue weighted by Gasteiger charge is 2.24. The van der Waals surface area contributed by atoms with E-state index >= 15 is 0 Å². The third kappa shape index (κ3) is 4.68. The Labute approximate surface area is 162 Å². The quantitative estimate of drug-likeness (QED) is 0.746. The van der Waals surface area contributed by atoms with Crippen molar-refractivity contribution in [3.05, 3.63) is 35.7 Å². The number of benzene rings is 1. The number of aryl methyl sites for hydroxylation is 1. The second-order valence-electron chi connectivity index (χ2n) is 7.03. The average molecular weight is 385 g/mol. The van der Waals surface area contributed by atoms with Crippen molar-refractivity contribution >= 4 is 29.3 Å². The fourth-order valence-electron chi connectivity index (χ4n) is 3.13. The van der Waals surface area contributed by atoms with Crippen molar-refractivity contribution in [2.24, 2.45) is 0 Å². The van der Waals surface area contributed by atoms with Crippen molar-refractivity contribution in [1.82, 2.24) is 20.1 Å².